The molecule has 3 aliphatic heterocycles. The zero-order valence-corrected chi connectivity index (χ0v) is 23.7. The van der Waals surface area contributed by atoms with Gasteiger partial charge in [0.2, 0.25) is 18.6 Å². The fourth-order valence-corrected chi connectivity index (χ4v) is 5.71. The van der Waals surface area contributed by atoms with Crippen LogP contribution in [0.4, 0.5) is 0 Å². The minimum Gasteiger partial charge on any atom is -0.458 e. The zero-order valence-electron chi connectivity index (χ0n) is 23.7. The fraction of sp³-hybridized carbons (Fsp3) is 0.414. The average Bonchev–Trinajstić information content (AvgIpc) is 3.60. The Hall–Kier alpha value is -4.53. The lowest BCUT2D eigenvalue weighted by Crippen LogP contribution is -2.41. The van der Waals surface area contributed by atoms with Crippen LogP contribution < -0.4 is 26.1 Å². The molecule has 43 heavy (non-hydrogen) atoms. The number of rotatable bonds is 9. The number of nitrogens with zero attached hydrogens (tertiary/aromatic N) is 3. The number of nitrogens with two attached hydrogens (primary N) is 1. The average molecular weight is 594 g/mol. The lowest BCUT2D eigenvalue weighted by Gasteiger charge is -2.27. The van der Waals surface area contributed by atoms with Gasteiger partial charge in [0, 0.05) is 35.2 Å². The summed E-state index contributed by atoms with van der Waals surface area (Å²) in [6.07, 6.45) is -1.14. The van der Waals surface area contributed by atoms with Crippen molar-refractivity contribution in [2.45, 2.75) is 45.6 Å². The largest absolute Gasteiger partial charge is 0.458 e. The Balaban J connectivity index is 1.37. The van der Waals surface area contributed by atoms with E-state index in [2.05, 4.69) is 5.32 Å². The molecule has 5 heterocycles. The highest BCUT2D eigenvalue weighted by atomic mass is 16.7. The number of nitrogens with one attached hydrogen (secondary N) is 1. The molecule has 2 amide bonds. The van der Waals surface area contributed by atoms with Crippen LogP contribution in [0.1, 0.15) is 42.2 Å². The SMILES string of the molecule is CC(C)N(CCc1c2c(nc3cc4c(cc13)OCO4)-c1cc3c(c(=O)n1C2)COC(=O)[C@H]3O)C(=O)COCNC(=O)CN. The summed E-state index contributed by atoms with van der Waals surface area (Å²) in [5.74, 6) is -0.332. The summed E-state index contributed by atoms with van der Waals surface area (Å²) in [6, 6.07) is 5.12. The summed E-state index contributed by atoms with van der Waals surface area (Å²) in [5, 5.41) is 13.7. The Labute approximate surface area is 245 Å². The first-order valence-electron chi connectivity index (χ1n) is 13.9. The Kier molecular flexibility index (Phi) is 7.50. The Morgan fingerprint density at radius 3 is 2.70 bits per heavy atom. The number of carbonyl (C=O) groups is 3. The normalized spacial score (nSPS) is 16.1. The number of cyclic esters (lactones) is 1. The lowest BCUT2D eigenvalue weighted by molar-refractivity contribution is -0.157. The number of amides is 2. The summed E-state index contributed by atoms with van der Waals surface area (Å²) < 4.78 is 23.2. The molecular weight excluding hydrogens is 562 g/mol. The fourth-order valence-electron chi connectivity index (χ4n) is 5.71. The van der Waals surface area contributed by atoms with Crippen LogP contribution in [0.3, 0.4) is 0 Å². The summed E-state index contributed by atoms with van der Waals surface area (Å²) in [6.45, 7) is 3.67. The van der Waals surface area contributed by atoms with Crippen LogP contribution in [0.2, 0.25) is 0 Å². The molecule has 0 spiro atoms. The van der Waals surface area contributed by atoms with Gasteiger partial charge < -0.3 is 44.6 Å². The van der Waals surface area contributed by atoms with E-state index >= 15 is 0 Å². The first-order chi connectivity index (χ1) is 20.7. The number of benzene rings is 1. The smallest absolute Gasteiger partial charge is 0.340 e. The molecule has 0 fully saturated rings. The third kappa shape index (κ3) is 5.07. The third-order valence-electron chi connectivity index (χ3n) is 7.90. The number of aliphatic hydroxyl groups excluding tert-OH is 1. The van der Waals surface area contributed by atoms with Crippen LogP contribution in [0.15, 0.2) is 23.0 Å². The molecule has 0 saturated carbocycles. The monoisotopic (exact) mass is 593 g/mol. The van der Waals surface area contributed by atoms with E-state index in [0.29, 0.717) is 41.4 Å². The van der Waals surface area contributed by atoms with Crippen LogP contribution in [-0.2, 0) is 43.4 Å². The van der Waals surface area contributed by atoms with Crippen molar-refractivity contribution in [3.8, 4) is 22.9 Å². The number of fused-ring (bicyclic) bond motifs is 6. The highest BCUT2D eigenvalue weighted by Gasteiger charge is 2.35. The Morgan fingerprint density at radius 1 is 1.19 bits per heavy atom. The Bertz CT molecular complexity index is 1720. The van der Waals surface area contributed by atoms with Gasteiger partial charge in [-0.05, 0) is 38.0 Å². The van der Waals surface area contributed by atoms with Gasteiger partial charge in [0.15, 0.2) is 17.6 Å². The number of carbonyl (C=O) groups excluding carboxylic acids is 3. The van der Waals surface area contributed by atoms with Gasteiger partial charge in [-0.3, -0.25) is 14.4 Å². The predicted molar refractivity (Wildman–Crippen MR) is 150 cm³/mol. The van der Waals surface area contributed by atoms with Crippen molar-refractivity contribution in [3.63, 3.8) is 0 Å². The van der Waals surface area contributed by atoms with Crippen LogP contribution >= 0.6 is 0 Å². The van der Waals surface area contributed by atoms with Gasteiger partial charge in [0.05, 0.1) is 35.6 Å². The maximum absolute atomic E-state index is 13.5. The quantitative estimate of drug-likeness (QED) is 0.136. The van der Waals surface area contributed by atoms with E-state index in [4.69, 9.17) is 29.7 Å². The molecule has 14 heteroatoms. The summed E-state index contributed by atoms with van der Waals surface area (Å²) in [4.78, 5) is 56.6. The van der Waals surface area contributed by atoms with E-state index in [1.165, 1.54) is 0 Å². The topological polar surface area (TPSA) is 185 Å². The van der Waals surface area contributed by atoms with E-state index in [9.17, 15) is 24.3 Å². The van der Waals surface area contributed by atoms with Crippen LogP contribution in [0.5, 0.6) is 11.5 Å². The minimum atomic E-state index is -1.56. The molecule has 0 aliphatic carbocycles. The minimum absolute atomic E-state index is 0.0837. The molecule has 3 aromatic rings. The number of aromatic nitrogens is 2. The highest BCUT2D eigenvalue weighted by Crippen LogP contribution is 2.42. The molecular formula is C29H31N5O9. The molecule has 3 aliphatic rings. The van der Waals surface area contributed by atoms with Gasteiger partial charge in [0.1, 0.15) is 19.9 Å². The second kappa shape index (κ2) is 11.3. The number of aliphatic hydroxyl groups is 1. The number of ether oxygens (including phenoxy) is 4. The van der Waals surface area contributed by atoms with Gasteiger partial charge >= 0.3 is 5.97 Å². The van der Waals surface area contributed by atoms with E-state index in [1.54, 1.807) is 21.6 Å². The first-order valence-corrected chi connectivity index (χ1v) is 13.9. The van der Waals surface area contributed by atoms with Crippen molar-refractivity contribution in [1.82, 2.24) is 19.8 Å². The molecule has 14 nitrogen and oxygen atoms in total. The van der Waals surface area contributed by atoms with Crippen LogP contribution in [-0.4, -0.2) is 76.6 Å². The number of hydrogen-bond donors (Lipinski definition) is 3. The Morgan fingerprint density at radius 2 is 1.95 bits per heavy atom. The van der Waals surface area contributed by atoms with Crippen LogP contribution in [0, 0.1) is 0 Å². The molecule has 226 valence electrons. The van der Waals surface area contributed by atoms with Crippen molar-refractivity contribution in [1.29, 1.82) is 0 Å². The number of esters is 1. The van der Waals surface area contributed by atoms with Crippen LogP contribution in [0.25, 0.3) is 22.3 Å². The molecule has 2 aromatic heterocycles. The van der Waals surface area contributed by atoms with Crippen molar-refractivity contribution in [2.75, 3.05) is 33.2 Å². The zero-order chi connectivity index (χ0) is 30.4. The summed E-state index contributed by atoms with van der Waals surface area (Å²) in [7, 11) is 0. The van der Waals surface area contributed by atoms with Gasteiger partial charge in [-0.15, -0.1) is 0 Å². The molecule has 6 rings (SSSR count). The van der Waals surface area contributed by atoms with Gasteiger partial charge in [-0.2, -0.15) is 0 Å². The van der Waals surface area contributed by atoms with E-state index in [1.807, 2.05) is 19.9 Å². The van der Waals surface area contributed by atoms with Crippen molar-refractivity contribution >= 4 is 28.7 Å². The lowest BCUT2D eigenvalue weighted by atomic mass is 9.96. The van der Waals surface area contributed by atoms with Gasteiger partial charge in [-0.1, -0.05) is 0 Å². The molecule has 0 unspecified atom stereocenters. The first kappa shape index (κ1) is 28.6. The van der Waals surface area contributed by atoms with Crippen molar-refractivity contribution < 1.29 is 38.4 Å². The highest BCUT2D eigenvalue weighted by molar-refractivity contribution is 5.91. The summed E-state index contributed by atoms with van der Waals surface area (Å²) >= 11 is 0. The molecule has 0 radical (unpaired) electrons. The number of hydrogen-bond acceptors (Lipinski definition) is 11. The molecule has 0 saturated heterocycles. The summed E-state index contributed by atoms with van der Waals surface area (Å²) in [5.41, 5.74) is 8.67. The maximum atomic E-state index is 13.5. The van der Waals surface area contributed by atoms with E-state index in [-0.39, 0.29) is 74.4 Å². The third-order valence-corrected chi connectivity index (χ3v) is 7.90. The number of pyridine rings is 2. The van der Waals surface area contributed by atoms with Gasteiger partial charge in [0.25, 0.3) is 5.56 Å². The molecule has 4 N–H and O–H groups in total. The maximum Gasteiger partial charge on any atom is 0.340 e. The van der Waals surface area contributed by atoms with Crippen molar-refractivity contribution in [2.24, 2.45) is 5.73 Å². The molecule has 0 bridgehead atoms. The van der Waals surface area contributed by atoms with E-state index < -0.39 is 12.1 Å². The predicted octanol–water partition coefficient (Wildman–Crippen LogP) is 0.0726. The van der Waals surface area contributed by atoms with Crippen molar-refractivity contribution in [3.05, 3.63) is 50.8 Å². The molecule has 1 atom stereocenters. The van der Waals surface area contributed by atoms with E-state index in [0.717, 1.165) is 16.5 Å². The standard InChI is InChI=1S/C29H31N5O9/c1-14(2)33(25(36)11-40-12-31-24(35)8-30)4-3-15-16-6-22-23(43-13-42-22)7-20(16)32-26-18(15)9-34-21(26)5-17-19(28(34)38)10-41-29(39)27(17)37/h5-7,14,27,37H,3-4,8-13,30H2,1-2H3,(H,31,35)/t27-/m0/s1. The second-order valence-electron chi connectivity index (χ2n) is 10.7. The second-order valence-corrected chi connectivity index (χ2v) is 10.7. The molecule has 1 aromatic carbocycles. The van der Waals surface area contributed by atoms with Gasteiger partial charge in [-0.25, -0.2) is 9.78 Å².